The van der Waals surface area contributed by atoms with Crippen LogP contribution in [0.3, 0.4) is 0 Å². The predicted octanol–water partition coefficient (Wildman–Crippen LogP) is 3.78. The summed E-state index contributed by atoms with van der Waals surface area (Å²) in [6, 6.07) is 0.627. The molecule has 6 nitrogen and oxygen atoms in total. The molecule has 2 atom stereocenters. The lowest BCUT2D eigenvalue weighted by molar-refractivity contribution is -0.0511. The largest absolute Gasteiger partial charge is 0.443 e. The molecule has 0 bridgehead atoms. The minimum atomic E-state index is -3.72. The van der Waals surface area contributed by atoms with Crippen molar-refractivity contribution in [3.05, 3.63) is 47.4 Å². The molecule has 28 heavy (non-hydrogen) atoms. The molecule has 2 unspecified atom stereocenters. The summed E-state index contributed by atoms with van der Waals surface area (Å²) in [4.78, 5) is 18.7. The Kier molecular flexibility index (Phi) is 5.04. The number of rotatable bonds is 4. The van der Waals surface area contributed by atoms with Gasteiger partial charge in [-0.2, -0.15) is 8.78 Å². The first-order valence-corrected chi connectivity index (χ1v) is 7.78. The van der Waals surface area contributed by atoms with Crippen LogP contribution in [0.5, 0.6) is 0 Å². The smallest absolute Gasteiger partial charge is 0.313 e. The van der Waals surface area contributed by atoms with Crippen LogP contribution in [-0.2, 0) is 0 Å². The first kappa shape index (κ1) is 19.7. The van der Waals surface area contributed by atoms with Gasteiger partial charge in [-0.25, -0.2) is 22.5 Å². The van der Waals surface area contributed by atoms with Crippen molar-refractivity contribution in [2.75, 3.05) is 5.32 Å². The summed E-state index contributed by atoms with van der Waals surface area (Å²) in [5.74, 6) is -7.44. The van der Waals surface area contributed by atoms with Gasteiger partial charge >= 0.3 is 6.43 Å². The van der Waals surface area contributed by atoms with E-state index in [4.69, 9.17) is 5.73 Å². The summed E-state index contributed by atoms with van der Waals surface area (Å²) in [6.07, 6.45) is -5.77. The van der Waals surface area contributed by atoms with Crippen molar-refractivity contribution in [2.24, 2.45) is 10.7 Å². The number of halogens is 6. The highest BCUT2D eigenvalue weighted by atomic mass is 19.3. The monoisotopic (exact) mass is 406 g/mol. The van der Waals surface area contributed by atoms with Gasteiger partial charge in [0.1, 0.15) is 24.0 Å². The number of hydrogen-bond acceptors (Lipinski definition) is 5. The molecule has 0 spiro atoms. The van der Waals surface area contributed by atoms with E-state index < -0.39 is 65.7 Å². The number of carbonyl (C=O) groups excluding carboxylic acids is 1. The number of amides is 1. The van der Waals surface area contributed by atoms with Gasteiger partial charge in [-0.3, -0.25) is 9.79 Å². The van der Waals surface area contributed by atoms with Crippen LogP contribution in [0.25, 0.3) is 0 Å². The van der Waals surface area contributed by atoms with Crippen LogP contribution in [0.1, 0.15) is 40.8 Å². The third kappa shape index (κ3) is 3.80. The standard InChI is InChI=1S/C16H12F6N4O2/c17-8-2-1-6(24-14(27)10-5-28-15(25-10)12(19)20)3-7(8)11-16(21,22)4-9(18)13(23)26-11/h1-3,5,9,11-12H,4H2,(H2,23,26)(H,24,27). The summed E-state index contributed by atoms with van der Waals surface area (Å²) >= 11 is 0. The van der Waals surface area contributed by atoms with Crippen molar-refractivity contribution in [3.63, 3.8) is 0 Å². The van der Waals surface area contributed by atoms with Gasteiger partial charge in [0.15, 0.2) is 11.9 Å². The maximum atomic E-state index is 14.1. The zero-order chi connectivity index (χ0) is 20.6. The van der Waals surface area contributed by atoms with E-state index in [1.165, 1.54) is 0 Å². The maximum absolute atomic E-state index is 14.1. The molecule has 1 aromatic carbocycles. The predicted molar refractivity (Wildman–Crippen MR) is 84.6 cm³/mol. The second-order valence-electron chi connectivity index (χ2n) is 5.95. The molecule has 150 valence electrons. The zero-order valence-corrected chi connectivity index (χ0v) is 13.8. The lowest BCUT2D eigenvalue weighted by Crippen LogP contribution is -2.41. The number of oxazole rings is 1. The number of anilines is 1. The van der Waals surface area contributed by atoms with Gasteiger partial charge in [-0.05, 0) is 18.2 Å². The van der Waals surface area contributed by atoms with Crippen molar-refractivity contribution in [3.8, 4) is 0 Å². The molecule has 0 saturated heterocycles. The van der Waals surface area contributed by atoms with Crippen molar-refractivity contribution in [2.45, 2.75) is 31.0 Å². The van der Waals surface area contributed by atoms with Crippen LogP contribution < -0.4 is 11.1 Å². The number of benzene rings is 1. The Labute approximate surface area is 153 Å². The second kappa shape index (κ2) is 7.17. The fourth-order valence-electron chi connectivity index (χ4n) is 2.59. The number of carbonyl (C=O) groups is 1. The topological polar surface area (TPSA) is 93.5 Å². The van der Waals surface area contributed by atoms with Crippen molar-refractivity contribution < 1.29 is 35.6 Å². The maximum Gasteiger partial charge on any atom is 0.313 e. The first-order chi connectivity index (χ1) is 13.1. The molecule has 0 saturated carbocycles. The molecule has 2 aromatic rings. The van der Waals surface area contributed by atoms with Gasteiger partial charge in [0.25, 0.3) is 17.7 Å². The SMILES string of the molecule is NC1=NC(c2cc(NC(=O)c3coc(C(F)F)n3)ccc2F)C(F)(F)CC1F. The van der Waals surface area contributed by atoms with E-state index in [0.717, 1.165) is 18.2 Å². The molecule has 1 aromatic heterocycles. The van der Waals surface area contributed by atoms with E-state index in [-0.39, 0.29) is 5.69 Å². The Morgan fingerprint density at radius 2 is 2.07 bits per heavy atom. The average Bonchev–Trinajstić information content (AvgIpc) is 3.10. The van der Waals surface area contributed by atoms with Gasteiger partial charge in [-0.15, -0.1) is 0 Å². The number of alkyl halides is 5. The number of nitrogens with one attached hydrogen (secondary N) is 1. The molecular weight excluding hydrogens is 394 g/mol. The van der Waals surface area contributed by atoms with Gasteiger partial charge in [0.05, 0.1) is 6.42 Å². The van der Waals surface area contributed by atoms with Crippen LogP contribution in [-0.4, -0.2) is 28.8 Å². The Hall–Kier alpha value is -3.05. The fraction of sp³-hybridized carbons (Fsp3) is 0.312. The summed E-state index contributed by atoms with van der Waals surface area (Å²) in [7, 11) is 0. The first-order valence-electron chi connectivity index (χ1n) is 7.78. The number of amidine groups is 1. The van der Waals surface area contributed by atoms with Gasteiger partial charge in [-0.1, -0.05) is 0 Å². The van der Waals surface area contributed by atoms with E-state index in [1.54, 1.807) is 0 Å². The minimum absolute atomic E-state index is 0.144. The Bertz CT molecular complexity index is 930. The third-order valence-corrected chi connectivity index (χ3v) is 3.94. The van der Waals surface area contributed by atoms with Crippen molar-refractivity contribution >= 4 is 17.4 Å². The molecule has 0 radical (unpaired) electrons. The van der Waals surface area contributed by atoms with Crippen LogP contribution in [0.15, 0.2) is 33.9 Å². The van der Waals surface area contributed by atoms with Gasteiger partial charge < -0.3 is 15.5 Å². The lowest BCUT2D eigenvalue weighted by atomic mass is 9.93. The number of nitrogens with zero attached hydrogens (tertiary/aromatic N) is 2. The van der Waals surface area contributed by atoms with E-state index in [1.807, 2.05) is 0 Å². The molecule has 0 fully saturated rings. The molecule has 3 N–H and O–H groups in total. The number of aliphatic imine (C=N–C) groups is 1. The minimum Gasteiger partial charge on any atom is -0.443 e. The van der Waals surface area contributed by atoms with Gasteiger partial charge in [0.2, 0.25) is 0 Å². The highest BCUT2D eigenvalue weighted by Crippen LogP contribution is 2.43. The molecule has 3 rings (SSSR count). The summed E-state index contributed by atoms with van der Waals surface area (Å²) < 4.78 is 85.1. The summed E-state index contributed by atoms with van der Waals surface area (Å²) in [5, 5.41) is 2.19. The number of nitrogens with two attached hydrogens (primary N) is 1. The Morgan fingerprint density at radius 1 is 1.36 bits per heavy atom. The third-order valence-electron chi connectivity index (χ3n) is 3.94. The lowest BCUT2D eigenvalue weighted by Gasteiger charge is -2.30. The van der Waals surface area contributed by atoms with E-state index in [2.05, 4.69) is 19.7 Å². The molecule has 2 heterocycles. The quantitative estimate of drug-likeness (QED) is 0.756. The van der Waals surface area contributed by atoms with E-state index in [0.29, 0.717) is 6.26 Å². The Balaban J connectivity index is 1.88. The molecule has 1 aliphatic rings. The summed E-state index contributed by atoms with van der Waals surface area (Å²) in [5.41, 5.74) is 4.01. The molecule has 1 amide bonds. The molecule has 0 aliphatic carbocycles. The highest BCUT2D eigenvalue weighted by molar-refractivity contribution is 6.02. The summed E-state index contributed by atoms with van der Waals surface area (Å²) in [6.45, 7) is 0. The van der Waals surface area contributed by atoms with E-state index in [9.17, 15) is 31.1 Å². The Morgan fingerprint density at radius 3 is 2.71 bits per heavy atom. The van der Waals surface area contributed by atoms with Crippen molar-refractivity contribution in [1.82, 2.24) is 4.98 Å². The van der Waals surface area contributed by atoms with Crippen LogP contribution in [0, 0.1) is 5.82 Å². The number of aromatic nitrogens is 1. The zero-order valence-electron chi connectivity index (χ0n) is 13.8. The van der Waals surface area contributed by atoms with E-state index >= 15 is 0 Å². The van der Waals surface area contributed by atoms with Crippen molar-refractivity contribution in [1.29, 1.82) is 0 Å². The second-order valence-corrected chi connectivity index (χ2v) is 5.95. The average molecular weight is 406 g/mol. The van der Waals surface area contributed by atoms with Crippen LogP contribution >= 0.6 is 0 Å². The molecule has 12 heteroatoms. The molecule has 1 aliphatic heterocycles. The van der Waals surface area contributed by atoms with Gasteiger partial charge in [0, 0.05) is 11.3 Å². The normalized spacial score (nSPS) is 21.5. The fourth-order valence-corrected chi connectivity index (χ4v) is 2.59. The van der Waals surface area contributed by atoms with Crippen LogP contribution in [0.2, 0.25) is 0 Å². The highest BCUT2D eigenvalue weighted by Gasteiger charge is 2.48. The number of hydrogen-bond donors (Lipinski definition) is 2. The van der Waals surface area contributed by atoms with Crippen LogP contribution in [0.4, 0.5) is 32.0 Å². The molecular formula is C16H12F6N4O2.